The molecule has 1 aliphatic rings. The highest BCUT2D eigenvalue weighted by Gasteiger charge is 2.65. The largest absolute Gasteiger partial charge is 0.494 e. The van der Waals surface area contributed by atoms with Crippen LogP contribution >= 0.6 is 0 Å². The van der Waals surface area contributed by atoms with Crippen molar-refractivity contribution in [1.29, 1.82) is 0 Å². The number of tetrazole rings is 1. The molecule has 1 aromatic heterocycles. The van der Waals surface area contributed by atoms with Gasteiger partial charge in [-0.15, -0.1) is 5.10 Å². The van der Waals surface area contributed by atoms with Gasteiger partial charge in [0.05, 0.1) is 18.9 Å². The van der Waals surface area contributed by atoms with E-state index in [-0.39, 0.29) is 5.91 Å². The van der Waals surface area contributed by atoms with Gasteiger partial charge in [-0.1, -0.05) is 13.8 Å². The molecule has 0 bridgehead atoms. The summed E-state index contributed by atoms with van der Waals surface area (Å²) in [5, 5.41) is 22.9. The van der Waals surface area contributed by atoms with Gasteiger partial charge in [-0.2, -0.15) is 4.68 Å². The molecule has 1 saturated carbocycles. The Morgan fingerprint density at radius 2 is 2.08 bits per heavy atom. The van der Waals surface area contributed by atoms with Gasteiger partial charge in [0.2, 0.25) is 5.91 Å². The standard InChI is InChI=1S/C15H17N5O4/c1-15(2)11(12(15)14(22)23)13(21)17-8-4-5-10(24-3)9(6-8)20-7-16-18-19-20/h4-7,11-12H,1-3H3,(H,17,21)(H,22,23)/t11-,12-/m0/s1. The molecule has 1 amide bonds. The number of anilines is 1. The number of hydrogen-bond acceptors (Lipinski definition) is 6. The minimum Gasteiger partial charge on any atom is -0.494 e. The summed E-state index contributed by atoms with van der Waals surface area (Å²) in [6, 6.07) is 5.02. The number of aromatic nitrogens is 4. The normalized spacial score (nSPS) is 21.1. The van der Waals surface area contributed by atoms with Crippen molar-refractivity contribution in [2.24, 2.45) is 17.3 Å². The second-order valence-electron chi connectivity index (χ2n) is 6.25. The van der Waals surface area contributed by atoms with Crippen LogP contribution in [-0.4, -0.2) is 44.3 Å². The molecule has 126 valence electrons. The number of carboxylic acid groups (broad SMARTS) is 1. The average Bonchev–Trinajstić information content (AvgIpc) is 2.89. The fraction of sp³-hybridized carbons (Fsp3) is 0.400. The smallest absolute Gasteiger partial charge is 0.307 e. The first-order valence-corrected chi connectivity index (χ1v) is 7.31. The van der Waals surface area contributed by atoms with Crippen LogP contribution in [-0.2, 0) is 9.59 Å². The second-order valence-corrected chi connectivity index (χ2v) is 6.25. The Balaban J connectivity index is 1.83. The van der Waals surface area contributed by atoms with Gasteiger partial charge in [-0.3, -0.25) is 9.59 Å². The Morgan fingerprint density at radius 3 is 2.62 bits per heavy atom. The van der Waals surface area contributed by atoms with Crippen LogP contribution in [0.1, 0.15) is 13.8 Å². The number of nitrogens with one attached hydrogen (secondary N) is 1. The Labute approximate surface area is 137 Å². The van der Waals surface area contributed by atoms with Crippen molar-refractivity contribution in [2.45, 2.75) is 13.8 Å². The lowest BCUT2D eigenvalue weighted by Gasteiger charge is -2.11. The minimum atomic E-state index is -0.954. The molecule has 24 heavy (non-hydrogen) atoms. The maximum atomic E-state index is 12.4. The first kappa shape index (κ1) is 15.9. The van der Waals surface area contributed by atoms with E-state index in [1.165, 1.54) is 18.1 Å². The topological polar surface area (TPSA) is 119 Å². The molecule has 2 aromatic rings. The molecule has 9 nitrogen and oxygen atoms in total. The molecule has 0 radical (unpaired) electrons. The van der Waals surface area contributed by atoms with E-state index >= 15 is 0 Å². The van der Waals surface area contributed by atoms with Gasteiger partial charge < -0.3 is 15.2 Å². The molecule has 0 saturated heterocycles. The Hall–Kier alpha value is -2.97. The molecule has 2 atom stereocenters. The SMILES string of the molecule is COc1ccc(NC(=O)[C@@H]2[C@@H](C(=O)O)C2(C)C)cc1-n1cnnn1. The van der Waals surface area contributed by atoms with Crippen LogP contribution in [0.5, 0.6) is 5.75 Å². The monoisotopic (exact) mass is 331 g/mol. The summed E-state index contributed by atoms with van der Waals surface area (Å²) in [6.45, 7) is 3.55. The molecule has 3 rings (SSSR count). The molecular weight excluding hydrogens is 314 g/mol. The highest BCUT2D eigenvalue weighted by molar-refractivity contribution is 5.99. The zero-order chi connectivity index (χ0) is 17.5. The van der Waals surface area contributed by atoms with E-state index in [0.29, 0.717) is 17.1 Å². The molecule has 1 aromatic carbocycles. The molecule has 1 fully saturated rings. The number of methoxy groups -OCH3 is 1. The highest BCUT2D eigenvalue weighted by Crippen LogP contribution is 2.58. The zero-order valence-corrected chi connectivity index (χ0v) is 13.4. The Morgan fingerprint density at radius 1 is 1.33 bits per heavy atom. The van der Waals surface area contributed by atoms with Crippen molar-refractivity contribution < 1.29 is 19.4 Å². The van der Waals surface area contributed by atoms with Gasteiger partial charge >= 0.3 is 5.97 Å². The van der Waals surface area contributed by atoms with Crippen LogP contribution in [0.3, 0.4) is 0 Å². The number of ether oxygens (including phenoxy) is 1. The van der Waals surface area contributed by atoms with Gasteiger partial charge in [-0.05, 0) is 34.0 Å². The second kappa shape index (κ2) is 5.59. The molecule has 0 unspecified atom stereocenters. The van der Waals surface area contributed by atoms with E-state index in [9.17, 15) is 14.7 Å². The average molecular weight is 331 g/mol. The maximum absolute atomic E-state index is 12.4. The Kier molecular flexibility index (Phi) is 3.70. The van der Waals surface area contributed by atoms with Crippen LogP contribution in [0.25, 0.3) is 5.69 Å². The number of carbonyl (C=O) groups is 2. The molecule has 1 aliphatic carbocycles. The molecule has 1 heterocycles. The van der Waals surface area contributed by atoms with Crippen LogP contribution in [0.4, 0.5) is 5.69 Å². The third kappa shape index (κ3) is 2.57. The lowest BCUT2D eigenvalue weighted by molar-refractivity contribution is -0.140. The maximum Gasteiger partial charge on any atom is 0.307 e. The predicted octanol–water partition coefficient (Wildman–Crippen LogP) is 0.966. The quantitative estimate of drug-likeness (QED) is 0.837. The van der Waals surface area contributed by atoms with Gasteiger partial charge in [0.15, 0.2) is 0 Å². The lowest BCUT2D eigenvalue weighted by Crippen LogP contribution is -2.18. The van der Waals surface area contributed by atoms with Gasteiger partial charge in [-0.25, -0.2) is 0 Å². The zero-order valence-electron chi connectivity index (χ0n) is 13.4. The fourth-order valence-electron chi connectivity index (χ4n) is 3.03. The third-order valence-electron chi connectivity index (χ3n) is 4.42. The summed E-state index contributed by atoms with van der Waals surface area (Å²) < 4.78 is 6.68. The van der Waals surface area contributed by atoms with E-state index in [0.717, 1.165) is 0 Å². The molecule has 9 heteroatoms. The number of hydrogen-bond donors (Lipinski definition) is 2. The Bertz CT molecular complexity index is 787. The molecule has 0 aliphatic heterocycles. The van der Waals surface area contributed by atoms with Crippen molar-refractivity contribution in [3.63, 3.8) is 0 Å². The third-order valence-corrected chi connectivity index (χ3v) is 4.42. The summed E-state index contributed by atoms with van der Waals surface area (Å²) in [5.41, 5.74) is 0.518. The van der Waals surface area contributed by atoms with E-state index in [4.69, 9.17) is 4.74 Å². The van der Waals surface area contributed by atoms with E-state index in [1.807, 2.05) is 0 Å². The summed E-state index contributed by atoms with van der Waals surface area (Å²) in [7, 11) is 1.52. The van der Waals surface area contributed by atoms with Crippen LogP contribution in [0.2, 0.25) is 0 Å². The van der Waals surface area contributed by atoms with Crippen LogP contribution < -0.4 is 10.1 Å². The summed E-state index contributed by atoms with van der Waals surface area (Å²) >= 11 is 0. The summed E-state index contributed by atoms with van der Waals surface area (Å²) in [5.74, 6) is -1.97. The van der Waals surface area contributed by atoms with Crippen molar-refractivity contribution in [2.75, 3.05) is 12.4 Å². The number of aliphatic carboxylic acids is 1. The van der Waals surface area contributed by atoms with E-state index in [2.05, 4.69) is 20.8 Å². The number of carbonyl (C=O) groups excluding carboxylic acids is 1. The number of benzene rings is 1. The van der Waals surface area contributed by atoms with Crippen molar-refractivity contribution in [3.8, 4) is 11.4 Å². The number of rotatable bonds is 5. The predicted molar refractivity (Wildman–Crippen MR) is 82.7 cm³/mol. The number of carboxylic acids is 1. The van der Waals surface area contributed by atoms with Gasteiger partial charge in [0.25, 0.3) is 0 Å². The van der Waals surface area contributed by atoms with Crippen molar-refractivity contribution in [1.82, 2.24) is 20.2 Å². The first-order chi connectivity index (χ1) is 11.4. The molecule has 2 N–H and O–H groups in total. The fourth-order valence-corrected chi connectivity index (χ4v) is 3.03. The van der Waals surface area contributed by atoms with Crippen LogP contribution in [0.15, 0.2) is 24.5 Å². The first-order valence-electron chi connectivity index (χ1n) is 7.31. The van der Waals surface area contributed by atoms with Gasteiger partial charge in [0, 0.05) is 5.69 Å². The minimum absolute atomic E-state index is 0.319. The lowest BCUT2D eigenvalue weighted by atomic mass is 10.1. The van der Waals surface area contributed by atoms with Crippen LogP contribution in [0, 0.1) is 17.3 Å². The van der Waals surface area contributed by atoms with Crippen molar-refractivity contribution in [3.05, 3.63) is 24.5 Å². The molecular formula is C15H17N5O4. The summed E-state index contributed by atoms with van der Waals surface area (Å²) in [4.78, 5) is 23.6. The van der Waals surface area contributed by atoms with E-state index < -0.39 is 23.2 Å². The highest BCUT2D eigenvalue weighted by atomic mass is 16.5. The number of nitrogens with zero attached hydrogens (tertiary/aromatic N) is 4. The van der Waals surface area contributed by atoms with Crippen molar-refractivity contribution >= 4 is 17.6 Å². The van der Waals surface area contributed by atoms with E-state index in [1.54, 1.807) is 32.0 Å². The summed E-state index contributed by atoms with van der Waals surface area (Å²) in [6.07, 6.45) is 1.41. The number of amides is 1. The van der Waals surface area contributed by atoms with Gasteiger partial charge in [0.1, 0.15) is 17.8 Å². The molecule has 0 spiro atoms.